The van der Waals surface area contributed by atoms with Crippen molar-refractivity contribution in [3.8, 4) is 5.75 Å². The molecule has 1 N–H and O–H groups in total. The SMILES string of the molecule is CCCCn1c(=O)oc(=O)c2c(O)cccc21. The van der Waals surface area contributed by atoms with Gasteiger partial charge in [0, 0.05) is 6.54 Å². The van der Waals surface area contributed by atoms with E-state index < -0.39 is 11.4 Å². The van der Waals surface area contributed by atoms with Crippen molar-refractivity contribution in [3.05, 3.63) is 39.2 Å². The van der Waals surface area contributed by atoms with Crippen LogP contribution in [0.3, 0.4) is 0 Å². The van der Waals surface area contributed by atoms with E-state index in [0.717, 1.165) is 12.8 Å². The van der Waals surface area contributed by atoms with Crippen LogP contribution in [0.5, 0.6) is 5.75 Å². The minimum atomic E-state index is -0.796. The molecular formula is C12H13NO4. The molecule has 1 aromatic heterocycles. The van der Waals surface area contributed by atoms with Gasteiger partial charge in [-0.15, -0.1) is 0 Å². The van der Waals surface area contributed by atoms with Gasteiger partial charge in [-0.25, -0.2) is 9.59 Å². The fourth-order valence-electron chi connectivity index (χ4n) is 1.77. The van der Waals surface area contributed by atoms with Crippen molar-refractivity contribution < 1.29 is 9.52 Å². The highest BCUT2D eigenvalue weighted by Crippen LogP contribution is 2.19. The number of aromatic nitrogens is 1. The molecule has 0 radical (unpaired) electrons. The molecule has 17 heavy (non-hydrogen) atoms. The number of hydrogen-bond acceptors (Lipinski definition) is 4. The third-order valence-corrected chi connectivity index (χ3v) is 2.65. The van der Waals surface area contributed by atoms with Gasteiger partial charge in [0.1, 0.15) is 11.1 Å². The van der Waals surface area contributed by atoms with E-state index in [9.17, 15) is 14.7 Å². The van der Waals surface area contributed by atoms with Crippen LogP contribution >= 0.6 is 0 Å². The van der Waals surface area contributed by atoms with Gasteiger partial charge in [-0.2, -0.15) is 0 Å². The van der Waals surface area contributed by atoms with E-state index in [2.05, 4.69) is 4.42 Å². The molecule has 0 saturated carbocycles. The van der Waals surface area contributed by atoms with Gasteiger partial charge in [-0.1, -0.05) is 19.4 Å². The molecule has 90 valence electrons. The lowest BCUT2D eigenvalue weighted by atomic mass is 10.2. The number of aromatic hydroxyl groups is 1. The van der Waals surface area contributed by atoms with Gasteiger partial charge < -0.3 is 9.52 Å². The van der Waals surface area contributed by atoms with Crippen molar-refractivity contribution in [3.63, 3.8) is 0 Å². The molecule has 2 rings (SSSR count). The number of nitrogens with zero attached hydrogens (tertiary/aromatic N) is 1. The first-order chi connectivity index (χ1) is 8.15. The fourth-order valence-corrected chi connectivity index (χ4v) is 1.77. The number of benzene rings is 1. The van der Waals surface area contributed by atoms with Gasteiger partial charge in [-0.05, 0) is 18.6 Å². The average molecular weight is 235 g/mol. The molecule has 1 heterocycles. The number of hydrogen-bond donors (Lipinski definition) is 1. The van der Waals surface area contributed by atoms with Gasteiger partial charge in [0.25, 0.3) is 0 Å². The Hall–Kier alpha value is -2.04. The maximum absolute atomic E-state index is 11.6. The number of phenols is 1. The van der Waals surface area contributed by atoms with Crippen LogP contribution in [0.1, 0.15) is 19.8 Å². The second-order valence-electron chi connectivity index (χ2n) is 3.83. The number of fused-ring (bicyclic) bond motifs is 1. The summed E-state index contributed by atoms with van der Waals surface area (Å²) < 4.78 is 5.97. The molecule has 0 amide bonds. The highest BCUT2D eigenvalue weighted by atomic mass is 16.4. The Morgan fingerprint density at radius 1 is 1.35 bits per heavy atom. The smallest absolute Gasteiger partial charge is 0.422 e. The minimum Gasteiger partial charge on any atom is -0.507 e. The lowest BCUT2D eigenvalue weighted by Crippen LogP contribution is -2.25. The van der Waals surface area contributed by atoms with Crippen molar-refractivity contribution in [2.45, 2.75) is 26.3 Å². The lowest BCUT2D eigenvalue weighted by molar-refractivity contribution is 0.407. The van der Waals surface area contributed by atoms with Crippen LogP contribution in [-0.2, 0) is 6.54 Å². The first-order valence-electron chi connectivity index (χ1n) is 5.50. The van der Waals surface area contributed by atoms with Crippen LogP contribution in [0.4, 0.5) is 0 Å². The Bertz CT molecular complexity index is 654. The zero-order valence-electron chi connectivity index (χ0n) is 9.47. The minimum absolute atomic E-state index is 0.0585. The van der Waals surface area contributed by atoms with Crippen molar-refractivity contribution in [1.82, 2.24) is 4.57 Å². The van der Waals surface area contributed by atoms with Crippen molar-refractivity contribution in [2.24, 2.45) is 0 Å². The molecule has 0 saturated heterocycles. The summed E-state index contributed by atoms with van der Waals surface area (Å²) in [6.45, 7) is 2.48. The second kappa shape index (κ2) is 4.45. The normalized spacial score (nSPS) is 10.9. The van der Waals surface area contributed by atoms with E-state index in [1.807, 2.05) is 6.92 Å². The zero-order chi connectivity index (χ0) is 12.4. The predicted octanol–water partition coefficient (Wildman–Crippen LogP) is 1.46. The summed E-state index contributed by atoms with van der Waals surface area (Å²) in [6.07, 6.45) is 1.73. The number of phenolic OH excluding ortho intramolecular Hbond substituents is 1. The molecule has 0 atom stereocenters. The first kappa shape index (κ1) is 11.4. The molecule has 1 aromatic carbocycles. The lowest BCUT2D eigenvalue weighted by Gasteiger charge is -2.07. The maximum Gasteiger partial charge on any atom is 0.422 e. The Morgan fingerprint density at radius 3 is 2.82 bits per heavy atom. The van der Waals surface area contributed by atoms with Gasteiger partial charge in [-0.3, -0.25) is 4.57 Å². The molecule has 0 aliphatic carbocycles. The molecule has 0 unspecified atom stereocenters. The molecule has 0 aliphatic heterocycles. The van der Waals surface area contributed by atoms with Gasteiger partial charge in [0.15, 0.2) is 0 Å². The van der Waals surface area contributed by atoms with Crippen LogP contribution in [0.15, 0.2) is 32.2 Å². The molecule has 0 aliphatic rings. The van der Waals surface area contributed by atoms with Crippen LogP contribution in [0.2, 0.25) is 0 Å². The highest BCUT2D eigenvalue weighted by molar-refractivity contribution is 5.83. The largest absolute Gasteiger partial charge is 0.507 e. The second-order valence-corrected chi connectivity index (χ2v) is 3.83. The monoisotopic (exact) mass is 235 g/mol. The molecule has 5 heteroatoms. The summed E-state index contributed by atoms with van der Waals surface area (Å²) >= 11 is 0. The predicted molar refractivity (Wildman–Crippen MR) is 63.3 cm³/mol. The zero-order valence-corrected chi connectivity index (χ0v) is 9.47. The van der Waals surface area contributed by atoms with E-state index in [0.29, 0.717) is 12.1 Å². The summed E-state index contributed by atoms with van der Waals surface area (Å²) in [5, 5.41) is 9.68. The topological polar surface area (TPSA) is 72.4 Å². The van der Waals surface area contributed by atoms with E-state index in [4.69, 9.17) is 0 Å². The maximum atomic E-state index is 11.6. The van der Waals surface area contributed by atoms with E-state index in [1.54, 1.807) is 12.1 Å². The summed E-state index contributed by atoms with van der Waals surface area (Å²) in [5.74, 6) is -0.844. The standard InChI is InChI=1S/C12H13NO4/c1-2-3-7-13-8-5-4-6-9(14)10(8)11(15)17-12(13)16/h4-6,14H,2-3,7H2,1H3. The Kier molecular flexibility index (Phi) is 2.99. The van der Waals surface area contributed by atoms with Crippen LogP contribution in [0, 0.1) is 0 Å². The van der Waals surface area contributed by atoms with Gasteiger partial charge >= 0.3 is 11.4 Å². The summed E-state index contributed by atoms with van der Waals surface area (Å²) in [7, 11) is 0. The summed E-state index contributed by atoms with van der Waals surface area (Å²) in [4.78, 5) is 23.1. The Balaban J connectivity index is 2.79. The third kappa shape index (κ3) is 1.95. The van der Waals surface area contributed by atoms with E-state index in [1.165, 1.54) is 10.6 Å². The van der Waals surface area contributed by atoms with Crippen LogP contribution in [-0.4, -0.2) is 9.67 Å². The average Bonchev–Trinajstić information content (AvgIpc) is 2.28. The highest BCUT2D eigenvalue weighted by Gasteiger charge is 2.11. The molecule has 5 nitrogen and oxygen atoms in total. The summed E-state index contributed by atoms with van der Waals surface area (Å²) in [5.41, 5.74) is -0.379. The van der Waals surface area contributed by atoms with Gasteiger partial charge in [0.05, 0.1) is 5.52 Å². The fraction of sp³-hybridized carbons (Fsp3) is 0.333. The van der Waals surface area contributed by atoms with Crippen LogP contribution in [0.25, 0.3) is 10.9 Å². The summed E-state index contributed by atoms with van der Waals surface area (Å²) in [6, 6.07) is 4.62. The molecular weight excluding hydrogens is 222 g/mol. The first-order valence-corrected chi connectivity index (χ1v) is 5.50. The van der Waals surface area contributed by atoms with Crippen LogP contribution < -0.4 is 11.4 Å². The quantitative estimate of drug-likeness (QED) is 0.874. The number of rotatable bonds is 3. The Morgan fingerprint density at radius 2 is 2.12 bits per heavy atom. The van der Waals surface area contributed by atoms with E-state index >= 15 is 0 Å². The molecule has 0 spiro atoms. The van der Waals surface area contributed by atoms with Crippen molar-refractivity contribution in [1.29, 1.82) is 0 Å². The van der Waals surface area contributed by atoms with Crippen molar-refractivity contribution in [2.75, 3.05) is 0 Å². The van der Waals surface area contributed by atoms with Gasteiger partial charge in [0.2, 0.25) is 0 Å². The van der Waals surface area contributed by atoms with Crippen molar-refractivity contribution >= 4 is 10.9 Å². The molecule has 0 bridgehead atoms. The third-order valence-electron chi connectivity index (χ3n) is 2.65. The Labute approximate surface area is 96.9 Å². The molecule has 0 fully saturated rings. The number of aryl methyl sites for hydroxylation is 1. The van der Waals surface area contributed by atoms with E-state index in [-0.39, 0.29) is 11.1 Å². The molecule has 2 aromatic rings. The number of unbranched alkanes of at least 4 members (excludes halogenated alkanes) is 1.